The Labute approximate surface area is 221 Å². The first-order chi connectivity index (χ1) is 17.9. The third kappa shape index (κ3) is 8.24. The number of nitro benzene ring substituents is 2. The highest BCUT2D eigenvalue weighted by Gasteiger charge is 2.27. The average Bonchev–Trinajstić information content (AvgIpc) is 2.89. The Balaban J connectivity index is 2.13. The zero-order valence-corrected chi connectivity index (χ0v) is 22.3. The number of nitro groups is 2. The molecule has 0 spiro atoms. The van der Waals surface area contributed by atoms with Crippen LogP contribution in [0.3, 0.4) is 0 Å². The van der Waals surface area contributed by atoms with Gasteiger partial charge in [-0.05, 0) is 63.0 Å². The van der Waals surface area contributed by atoms with E-state index in [1.54, 1.807) is 0 Å². The Hall–Kier alpha value is -3.02. The van der Waals surface area contributed by atoms with Crippen molar-refractivity contribution in [2.45, 2.75) is 35.5 Å². The molecule has 0 fully saturated rings. The van der Waals surface area contributed by atoms with Crippen LogP contribution in [0, 0.1) is 20.2 Å². The Kier molecular flexibility index (Phi) is 11.7. The number of unbranched alkanes of at least 4 members (excludes halogenated alkanes) is 1. The quantitative estimate of drug-likeness (QED) is 0.159. The lowest BCUT2D eigenvalue weighted by atomic mass is 10.3. The van der Waals surface area contributed by atoms with Crippen molar-refractivity contribution in [1.29, 1.82) is 0 Å². The van der Waals surface area contributed by atoms with Crippen LogP contribution in [-0.4, -0.2) is 74.6 Å². The maximum atomic E-state index is 13.2. The molecule has 0 atom stereocenters. The molecule has 0 heterocycles. The summed E-state index contributed by atoms with van der Waals surface area (Å²) in [5, 5.41) is 21.8. The fraction of sp³-hybridized carbons (Fsp3) is 0.455. The fourth-order valence-corrected chi connectivity index (χ4v) is 6.63. The molecule has 0 aliphatic carbocycles. The van der Waals surface area contributed by atoms with Crippen LogP contribution in [0.15, 0.2) is 58.3 Å². The lowest BCUT2D eigenvalue weighted by molar-refractivity contribution is -0.385. The van der Waals surface area contributed by atoms with Crippen molar-refractivity contribution in [1.82, 2.24) is 8.61 Å². The third-order valence-corrected chi connectivity index (χ3v) is 9.48. The SMILES string of the molecule is NCCCN(CCCCN(CCCN)S(=O)(=O)c1ccc([N+](=O)[O-])cc1)S(=O)(=O)c1ccc([N+](=O)[O-])cc1. The second kappa shape index (κ2) is 14.2. The van der Waals surface area contributed by atoms with E-state index in [9.17, 15) is 37.1 Å². The maximum absolute atomic E-state index is 13.2. The van der Waals surface area contributed by atoms with Gasteiger partial charge in [0.2, 0.25) is 20.0 Å². The minimum absolute atomic E-state index is 0.0849. The zero-order valence-electron chi connectivity index (χ0n) is 20.7. The van der Waals surface area contributed by atoms with E-state index in [0.29, 0.717) is 25.7 Å². The lowest BCUT2D eigenvalue weighted by Gasteiger charge is -2.24. The molecule has 0 amide bonds. The minimum Gasteiger partial charge on any atom is -0.330 e. The number of sulfonamides is 2. The summed E-state index contributed by atoms with van der Waals surface area (Å²) in [6.45, 7) is 0.949. The summed E-state index contributed by atoms with van der Waals surface area (Å²) in [4.78, 5) is 20.3. The fourth-order valence-electron chi connectivity index (χ4n) is 3.59. The van der Waals surface area contributed by atoms with Crippen molar-refractivity contribution >= 4 is 31.4 Å². The van der Waals surface area contributed by atoms with E-state index in [-0.39, 0.29) is 60.4 Å². The monoisotopic (exact) mass is 572 g/mol. The summed E-state index contributed by atoms with van der Waals surface area (Å²) >= 11 is 0. The zero-order chi connectivity index (χ0) is 28.3. The van der Waals surface area contributed by atoms with Crippen molar-refractivity contribution in [2.24, 2.45) is 11.5 Å². The van der Waals surface area contributed by atoms with Crippen LogP contribution in [0.4, 0.5) is 11.4 Å². The molecule has 0 aromatic heterocycles. The van der Waals surface area contributed by atoms with Gasteiger partial charge in [0.25, 0.3) is 11.4 Å². The van der Waals surface area contributed by atoms with Crippen molar-refractivity contribution in [3.63, 3.8) is 0 Å². The molecular weight excluding hydrogens is 540 g/mol. The van der Waals surface area contributed by atoms with Gasteiger partial charge in [-0.2, -0.15) is 8.61 Å². The molecule has 0 bridgehead atoms. The van der Waals surface area contributed by atoms with Gasteiger partial charge in [0, 0.05) is 50.4 Å². The van der Waals surface area contributed by atoms with Crippen LogP contribution >= 0.6 is 0 Å². The van der Waals surface area contributed by atoms with Crippen LogP contribution < -0.4 is 11.5 Å². The van der Waals surface area contributed by atoms with Crippen LogP contribution in [0.5, 0.6) is 0 Å². The molecular formula is C22H32N6O8S2. The second-order valence-corrected chi connectivity index (χ2v) is 12.2. The topological polar surface area (TPSA) is 213 Å². The number of nitrogens with two attached hydrogens (primary N) is 2. The van der Waals surface area contributed by atoms with Gasteiger partial charge in [0.1, 0.15) is 0 Å². The number of nitrogens with zero attached hydrogens (tertiary/aromatic N) is 4. The molecule has 14 nitrogen and oxygen atoms in total. The van der Waals surface area contributed by atoms with Crippen LogP contribution in [-0.2, 0) is 20.0 Å². The van der Waals surface area contributed by atoms with Crippen molar-refractivity contribution < 1.29 is 26.7 Å². The predicted octanol–water partition coefficient (Wildman–Crippen LogP) is 1.66. The summed E-state index contributed by atoms with van der Waals surface area (Å²) in [7, 11) is -7.92. The molecule has 210 valence electrons. The van der Waals surface area contributed by atoms with Gasteiger partial charge >= 0.3 is 0 Å². The van der Waals surface area contributed by atoms with E-state index in [1.165, 1.54) is 32.9 Å². The first-order valence-electron chi connectivity index (χ1n) is 11.8. The highest BCUT2D eigenvalue weighted by atomic mass is 32.2. The predicted molar refractivity (Wildman–Crippen MR) is 140 cm³/mol. The smallest absolute Gasteiger partial charge is 0.269 e. The van der Waals surface area contributed by atoms with Gasteiger partial charge in [-0.25, -0.2) is 16.8 Å². The normalized spacial score (nSPS) is 12.2. The standard InChI is InChI=1S/C22H32N6O8S2/c23-13-3-17-25(37(33,34)21-9-5-19(6-10-21)27(29)30)15-1-2-16-26(18-4-14-24)38(35,36)22-11-7-20(8-12-22)28(31)32/h5-12H,1-4,13-18,23-24H2. The molecule has 0 saturated carbocycles. The summed E-state index contributed by atoms with van der Waals surface area (Å²) in [5.74, 6) is 0. The summed E-state index contributed by atoms with van der Waals surface area (Å²) < 4.78 is 55.1. The van der Waals surface area contributed by atoms with Crippen molar-refractivity contribution in [3.05, 3.63) is 68.8 Å². The number of hydrogen-bond acceptors (Lipinski definition) is 10. The van der Waals surface area contributed by atoms with Gasteiger partial charge in [0.15, 0.2) is 0 Å². The Bertz CT molecular complexity index is 1180. The average molecular weight is 573 g/mol. The molecule has 0 radical (unpaired) electrons. The van der Waals surface area contributed by atoms with Gasteiger partial charge in [0.05, 0.1) is 19.6 Å². The Morgan fingerprint density at radius 1 is 0.579 bits per heavy atom. The Morgan fingerprint density at radius 3 is 1.13 bits per heavy atom. The molecule has 2 aromatic rings. The van der Waals surface area contributed by atoms with E-state index in [0.717, 1.165) is 24.3 Å². The van der Waals surface area contributed by atoms with Gasteiger partial charge in [-0.15, -0.1) is 0 Å². The van der Waals surface area contributed by atoms with Crippen LogP contribution in [0.2, 0.25) is 0 Å². The van der Waals surface area contributed by atoms with Crippen LogP contribution in [0.25, 0.3) is 0 Å². The van der Waals surface area contributed by atoms with Gasteiger partial charge in [-0.3, -0.25) is 20.2 Å². The number of rotatable bonds is 17. The number of hydrogen-bond donors (Lipinski definition) is 2. The van der Waals surface area contributed by atoms with E-state index < -0.39 is 29.9 Å². The maximum Gasteiger partial charge on any atom is 0.269 e. The molecule has 0 saturated heterocycles. The molecule has 38 heavy (non-hydrogen) atoms. The molecule has 16 heteroatoms. The molecule has 0 unspecified atom stereocenters. The van der Waals surface area contributed by atoms with Crippen LogP contribution in [0.1, 0.15) is 25.7 Å². The molecule has 0 aliphatic heterocycles. The summed E-state index contributed by atoms with van der Waals surface area (Å²) in [6, 6.07) is 9.17. The lowest BCUT2D eigenvalue weighted by Crippen LogP contribution is -2.36. The molecule has 2 rings (SSSR count). The Morgan fingerprint density at radius 2 is 0.868 bits per heavy atom. The summed E-state index contributed by atoms with van der Waals surface area (Å²) in [6.07, 6.45) is 1.43. The minimum atomic E-state index is -3.96. The van der Waals surface area contributed by atoms with E-state index in [1.807, 2.05) is 0 Å². The molecule has 0 aliphatic rings. The largest absolute Gasteiger partial charge is 0.330 e. The number of non-ortho nitro benzene ring substituents is 2. The van der Waals surface area contributed by atoms with Crippen molar-refractivity contribution in [3.8, 4) is 0 Å². The first-order valence-corrected chi connectivity index (χ1v) is 14.7. The first kappa shape index (κ1) is 31.2. The van der Waals surface area contributed by atoms with E-state index in [2.05, 4.69) is 0 Å². The van der Waals surface area contributed by atoms with Gasteiger partial charge < -0.3 is 11.5 Å². The third-order valence-electron chi connectivity index (χ3n) is 5.66. The van der Waals surface area contributed by atoms with E-state index in [4.69, 9.17) is 11.5 Å². The summed E-state index contributed by atoms with van der Waals surface area (Å²) in [5.41, 5.74) is 10.7. The van der Waals surface area contributed by atoms with Gasteiger partial charge in [-0.1, -0.05) is 0 Å². The van der Waals surface area contributed by atoms with E-state index >= 15 is 0 Å². The second-order valence-electron chi connectivity index (χ2n) is 8.30. The highest BCUT2D eigenvalue weighted by molar-refractivity contribution is 7.89. The highest BCUT2D eigenvalue weighted by Crippen LogP contribution is 2.22. The molecule has 4 N–H and O–H groups in total. The van der Waals surface area contributed by atoms with Crippen molar-refractivity contribution in [2.75, 3.05) is 39.3 Å². The molecule has 2 aromatic carbocycles. The number of benzene rings is 2.